The van der Waals surface area contributed by atoms with Gasteiger partial charge in [0.1, 0.15) is 6.20 Å². The van der Waals surface area contributed by atoms with Gasteiger partial charge in [0, 0.05) is 0 Å². The molecule has 0 fully saturated rings. The molecule has 0 unspecified atom stereocenters. The molecule has 15 heavy (non-hydrogen) atoms. The molecule has 0 aliphatic carbocycles. The van der Waals surface area contributed by atoms with Gasteiger partial charge < -0.3 is 9.84 Å². The van der Waals surface area contributed by atoms with Gasteiger partial charge in [0.15, 0.2) is 11.4 Å². The second-order valence-corrected chi connectivity index (χ2v) is 2.54. The number of carbonyl (C=O) groups excluding carboxylic acids is 1. The lowest BCUT2D eigenvalue weighted by atomic mass is 10.3. The molecule has 0 aliphatic heterocycles. The maximum Gasteiger partial charge on any atom is 0.360 e. The molecule has 1 heterocycles. The minimum atomic E-state index is -0.815. The molecule has 0 saturated heterocycles. The summed E-state index contributed by atoms with van der Waals surface area (Å²) in [5.41, 5.74) is -0.719. The van der Waals surface area contributed by atoms with Crippen molar-refractivity contribution in [2.45, 2.75) is 6.92 Å². The fourth-order valence-corrected chi connectivity index (χ4v) is 0.899. The highest BCUT2D eigenvalue weighted by Crippen LogP contribution is 2.21. The zero-order chi connectivity index (χ0) is 11.4. The highest BCUT2D eigenvalue weighted by Gasteiger charge is 2.17. The number of nitro groups is 1. The second-order valence-electron chi connectivity index (χ2n) is 2.54. The van der Waals surface area contributed by atoms with Crippen LogP contribution in [-0.2, 0) is 4.74 Å². The fraction of sp³-hybridized carbons (Fsp3) is 0.250. The van der Waals surface area contributed by atoms with Crippen molar-refractivity contribution >= 4 is 11.7 Å². The Kier molecular flexibility index (Phi) is 3.17. The summed E-state index contributed by atoms with van der Waals surface area (Å²) in [6, 6.07) is 0.846. The third-order valence-electron chi connectivity index (χ3n) is 1.53. The summed E-state index contributed by atoms with van der Waals surface area (Å²) in [6.07, 6.45) is 0.881. The molecule has 7 heteroatoms. The number of esters is 1. The van der Waals surface area contributed by atoms with Gasteiger partial charge in [-0.15, -0.1) is 0 Å². The predicted molar refractivity (Wildman–Crippen MR) is 48.5 cm³/mol. The Hall–Kier alpha value is -2.18. The van der Waals surface area contributed by atoms with E-state index in [-0.39, 0.29) is 18.0 Å². The van der Waals surface area contributed by atoms with Crippen LogP contribution in [0.2, 0.25) is 0 Å². The molecule has 0 aliphatic rings. The van der Waals surface area contributed by atoms with Gasteiger partial charge >= 0.3 is 5.97 Å². The van der Waals surface area contributed by atoms with Crippen molar-refractivity contribution < 1.29 is 19.6 Å². The number of ether oxygens (including phenoxy) is 1. The minimum absolute atomic E-state index is 0.136. The number of pyridine rings is 1. The molecule has 0 saturated carbocycles. The topological polar surface area (TPSA) is 103 Å². The van der Waals surface area contributed by atoms with Crippen LogP contribution >= 0.6 is 0 Å². The van der Waals surface area contributed by atoms with Crippen LogP contribution in [0.3, 0.4) is 0 Å². The molecule has 1 aromatic rings. The third kappa shape index (κ3) is 2.39. The predicted octanol–water partition coefficient (Wildman–Crippen LogP) is 0.872. The molecule has 0 radical (unpaired) electrons. The zero-order valence-corrected chi connectivity index (χ0v) is 7.84. The van der Waals surface area contributed by atoms with Crippen molar-refractivity contribution in [2.24, 2.45) is 0 Å². The van der Waals surface area contributed by atoms with E-state index in [4.69, 9.17) is 0 Å². The van der Waals surface area contributed by atoms with Crippen molar-refractivity contribution in [3.8, 4) is 5.75 Å². The summed E-state index contributed by atoms with van der Waals surface area (Å²) in [5.74, 6) is -1.38. The highest BCUT2D eigenvalue weighted by atomic mass is 16.6. The highest BCUT2D eigenvalue weighted by molar-refractivity contribution is 5.90. The molecule has 7 nitrogen and oxygen atoms in total. The minimum Gasteiger partial charge on any atom is -0.505 e. The van der Waals surface area contributed by atoms with Crippen LogP contribution in [-0.4, -0.2) is 27.6 Å². The molecular formula is C8H8N2O5. The standard InChI is InChI=1S/C8H8N2O5/c1-2-15-8(12)7-6(11)3-5(4-9-7)10(13)14/h3-4,11H,2H2,1H3. The Morgan fingerprint density at radius 3 is 2.87 bits per heavy atom. The van der Waals surface area contributed by atoms with Gasteiger partial charge in [-0.25, -0.2) is 9.78 Å². The van der Waals surface area contributed by atoms with Crippen LogP contribution in [0.1, 0.15) is 17.4 Å². The van der Waals surface area contributed by atoms with Crippen molar-refractivity contribution in [3.63, 3.8) is 0 Å². The van der Waals surface area contributed by atoms with Crippen LogP contribution in [0.5, 0.6) is 5.75 Å². The van der Waals surface area contributed by atoms with E-state index in [2.05, 4.69) is 9.72 Å². The number of hydrogen-bond acceptors (Lipinski definition) is 6. The van der Waals surface area contributed by atoms with Gasteiger partial charge in [-0.2, -0.15) is 0 Å². The molecule has 1 rings (SSSR count). The molecule has 1 aromatic heterocycles. The number of aromatic nitrogens is 1. The second kappa shape index (κ2) is 4.36. The number of nitrogens with zero attached hydrogens (tertiary/aromatic N) is 2. The molecule has 0 bridgehead atoms. The summed E-state index contributed by atoms with van der Waals surface area (Å²) in [4.78, 5) is 24.2. The van der Waals surface area contributed by atoms with Crippen molar-refractivity contribution in [1.29, 1.82) is 0 Å². The van der Waals surface area contributed by atoms with Gasteiger partial charge in [0.05, 0.1) is 17.6 Å². The van der Waals surface area contributed by atoms with Gasteiger partial charge in [0.2, 0.25) is 0 Å². The Bertz CT molecular complexity index is 404. The lowest BCUT2D eigenvalue weighted by Crippen LogP contribution is -2.07. The molecule has 0 spiro atoms. The lowest BCUT2D eigenvalue weighted by molar-refractivity contribution is -0.385. The molecule has 0 atom stereocenters. The van der Waals surface area contributed by atoms with Crippen molar-refractivity contribution in [1.82, 2.24) is 4.98 Å². The molecule has 0 amide bonds. The Morgan fingerprint density at radius 1 is 1.73 bits per heavy atom. The van der Waals surface area contributed by atoms with E-state index in [0.29, 0.717) is 0 Å². The number of carbonyl (C=O) groups is 1. The molecular weight excluding hydrogens is 204 g/mol. The number of rotatable bonds is 3. The fourth-order valence-electron chi connectivity index (χ4n) is 0.899. The summed E-state index contributed by atoms with van der Waals surface area (Å²) >= 11 is 0. The summed E-state index contributed by atoms with van der Waals surface area (Å²) in [5, 5.41) is 19.6. The summed E-state index contributed by atoms with van der Waals surface area (Å²) < 4.78 is 4.58. The molecule has 1 N–H and O–H groups in total. The van der Waals surface area contributed by atoms with Crippen LogP contribution in [0, 0.1) is 10.1 Å². The first-order valence-corrected chi connectivity index (χ1v) is 4.06. The van der Waals surface area contributed by atoms with Crippen molar-refractivity contribution in [3.05, 3.63) is 28.1 Å². The Balaban J connectivity index is 3.03. The van der Waals surface area contributed by atoms with Crippen LogP contribution < -0.4 is 0 Å². The normalized spacial score (nSPS) is 9.67. The van der Waals surface area contributed by atoms with E-state index in [0.717, 1.165) is 12.3 Å². The quantitative estimate of drug-likeness (QED) is 0.453. The third-order valence-corrected chi connectivity index (χ3v) is 1.53. The van der Waals surface area contributed by atoms with E-state index in [1.807, 2.05) is 0 Å². The largest absolute Gasteiger partial charge is 0.505 e. The van der Waals surface area contributed by atoms with Gasteiger partial charge in [0.25, 0.3) is 5.69 Å². The Labute approximate surface area is 84.5 Å². The van der Waals surface area contributed by atoms with Gasteiger partial charge in [-0.1, -0.05) is 0 Å². The SMILES string of the molecule is CCOC(=O)c1ncc([N+](=O)[O-])cc1O. The Morgan fingerprint density at radius 2 is 2.40 bits per heavy atom. The van der Waals surface area contributed by atoms with Crippen LogP contribution in [0.4, 0.5) is 5.69 Å². The maximum absolute atomic E-state index is 11.1. The van der Waals surface area contributed by atoms with E-state index in [1.54, 1.807) is 6.92 Å². The van der Waals surface area contributed by atoms with Crippen LogP contribution in [0.25, 0.3) is 0 Å². The monoisotopic (exact) mass is 212 g/mol. The van der Waals surface area contributed by atoms with Crippen molar-refractivity contribution in [2.75, 3.05) is 6.61 Å². The maximum atomic E-state index is 11.1. The van der Waals surface area contributed by atoms with Crippen LogP contribution in [0.15, 0.2) is 12.3 Å². The molecule has 0 aromatic carbocycles. The zero-order valence-electron chi connectivity index (χ0n) is 7.84. The van der Waals surface area contributed by atoms with E-state index in [1.165, 1.54) is 0 Å². The first-order valence-electron chi connectivity index (χ1n) is 4.06. The average molecular weight is 212 g/mol. The van der Waals surface area contributed by atoms with E-state index < -0.39 is 16.6 Å². The number of hydrogen-bond donors (Lipinski definition) is 1. The first-order chi connectivity index (χ1) is 7.06. The first kappa shape index (κ1) is 10.9. The lowest BCUT2D eigenvalue weighted by Gasteiger charge is -2.02. The van der Waals surface area contributed by atoms with E-state index in [9.17, 15) is 20.0 Å². The summed E-state index contributed by atoms with van der Waals surface area (Å²) in [6.45, 7) is 1.73. The molecule has 80 valence electrons. The van der Waals surface area contributed by atoms with E-state index >= 15 is 0 Å². The summed E-state index contributed by atoms with van der Waals surface area (Å²) in [7, 11) is 0. The average Bonchev–Trinajstić information content (AvgIpc) is 2.17. The smallest absolute Gasteiger partial charge is 0.360 e. The van der Waals surface area contributed by atoms with Gasteiger partial charge in [-0.05, 0) is 6.92 Å². The van der Waals surface area contributed by atoms with Gasteiger partial charge in [-0.3, -0.25) is 10.1 Å². The number of aromatic hydroxyl groups is 1.